The molecule has 0 aliphatic carbocycles. The van der Waals surface area contributed by atoms with Crippen LogP contribution in [0.2, 0.25) is 5.02 Å². The molecule has 0 saturated carbocycles. The number of hydrogen-bond donors (Lipinski definition) is 0. The van der Waals surface area contributed by atoms with E-state index in [-0.39, 0.29) is 5.41 Å². The summed E-state index contributed by atoms with van der Waals surface area (Å²) < 4.78 is 6.16. The Morgan fingerprint density at radius 2 is 1.76 bits per heavy atom. The van der Waals surface area contributed by atoms with Crippen molar-refractivity contribution >= 4 is 22.5 Å². The SMILES string of the molecule is CC(C)(C)c1ccc(-c2cc(OCc3ccccc3)c3cnccc3n2)c(Cl)c1. The monoisotopic (exact) mass is 402 g/mol. The first kappa shape index (κ1) is 19.4. The lowest BCUT2D eigenvalue weighted by atomic mass is 9.86. The van der Waals surface area contributed by atoms with Crippen LogP contribution in [0.15, 0.2) is 73.1 Å². The van der Waals surface area contributed by atoms with E-state index in [1.165, 1.54) is 5.56 Å². The molecule has 2 aromatic carbocycles. The van der Waals surface area contributed by atoms with E-state index in [4.69, 9.17) is 21.3 Å². The van der Waals surface area contributed by atoms with Crippen molar-refractivity contribution in [1.29, 1.82) is 0 Å². The Bertz CT molecular complexity index is 1150. The molecule has 0 bridgehead atoms. The summed E-state index contributed by atoms with van der Waals surface area (Å²) in [5, 5.41) is 1.57. The third kappa shape index (κ3) is 4.25. The average Bonchev–Trinajstić information content (AvgIpc) is 2.72. The topological polar surface area (TPSA) is 35.0 Å². The van der Waals surface area contributed by atoms with Crippen LogP contribution in [0.1, 0.15) is 31.9 Å². The molecule has 4 aromatic rings. The number of rotatable bonds is 4. The van der Waals surface area contributed by atoms with Gasteiger partial charge >= 0.3 is 0 Å². The van der Waals surface area contributed by atoms with E-state index in [1.54, 1.807) is 12.4 Å². The van der Waals surface area contributed by atoms with Gasteiger partial charge in [-0.25, -0.2) is 4.98 Å². The van der Waals surface area contributed by atoms with Crippen molar-refractivity contribution < 1.29 is 4.74 Å². The molecule has 0 N–H and O–H groups in total. The zero-order valence-corrected chi connectivity index (χ0v) is 17.6. The van der Waals surface area contributed by atoms with Crippen molar-refractivity contribution in [2.45, 2.75) is 32.8 Å². The maximum atomic E-state index is 6.65. The Balaban J connectivity index is 1.76. The first-order chi connectivity index (χ1) is 13.9. The quantitative estimate of drug-likeness (QED) is 0.375. The molecule has 4 heteroatoms. The number of nitrogens with zero attached hydrogens (tertiary/aromatic N) is 2. The van der Waals surface area contributed by atoms with E-state index >= 15 is 0 Å². The van der Waals surface area contributed by atoms with Crippen molar-refractivity contribution in [1.82, 2.24) is 9.97 Å². The zero-order valence-electron chi connectivity index (χ0n) is 16.8. The summed E-state index contributed by atoms with van der Waals surface area (Å²) in [7, 11) is 0. The van der Waals surface area contributed by atoms with E-state index in [0.717, 1.165) is 33.5 Å². The molecule has 0 atom stereocenters. The minimum atomic E-state index is 0.0363. The summed E-state index contributed by atoms with van der Waals surface area (Å²) in [6.07, 6.45) is 3.53. The second-order valence-electron chi connectivity index (χ2n) is 8.12. The van der Waals surface area contributed by atoms with Gasteiger partial charge in [0.25, 0.3) is 0 Å². The molecule has 0 fully saturated rings. The number of ether oxygens (including phenoxy) is 1. The molecule has 0 radical (unpaired) electrons. The van der Waals surface area contributed by atoms with Gasteiger partial charge in [0.2, 0.25) is 0 Å². The molecular formula is C25H23ClN2O. The van der Waals surface area contributed by atoms with Crippen LogP contribution >= 0.6 is 11.6 Å². The van der Waals surface area contributed by atoms with Crippen LogP contribution in [0.5, 0.6) is 5.75 Å². The molecule has 0 unspecified atom stereocenters. The molecular weight excluding hydrogens is 380 g/mol. The number of fused-ring (bicyclic) bond motifs is 1. The number of aromatic nitrogens is 2. The fourth-order valence-electron chi connectivity index (χ4n) is 3.22. The smallest absolute Gasteiger partial charge is 0.132 e. The van der Waals surface area contributed by atoms with E-state index < -0.39 is 0 Å². The summed E-state index contributed by atoms with van der Waals surface area (Å²) in [6.45, 7) is 7.00. The highest BCUT2D eigenvalue weighted by atomic mass is 35.5. The fourth-order valence-corrected chi connectivity index (χ4v) is 3.50. The lowest BCUT2D eigenvalue weighted by molar-refractivity contribution is 0.310. The van der Waals surface area contributed by atoms with Gasteiger partial charge in [-0.2, -0.15) is 0 Å². The molecule has 3 nitrogen and oxygen atoms in total. The van der Waals surface area contributed by atoms with E-state index in [2.05, 4.69) is 31.8 Å². The molecule has 0 amide bonds. The van der Waals surface area contributed by atoms with Crippen LogP contribution in [0.25, 0.3) is 22.2 Å². The Morgan fingerprint density at radius 3 is 2.48 bits per heavy atom. The van der Waals surface area contributed by atoms with Gasteiger partial charge in [0.1, 0.15) is 12.4 Å². The van der Waals surface area contributed by atoms with E-state index in [1.807, 2.05) is 54.6 Å². The number of hydrogen-bond acceptors (Lipinski definition) is 3. The van der Waals surface area contributed by atoms with Crippen LogP contribution < -0.4 is 4.74 Å². The number of pyridine rings is 2. The van der Waals surface area contributed by atoms with Gasteiger partial charge in [-0.3, -0.25) is 4.98 Å². The standard InChI is InChI=1S/C25H23ClN2O/c1-25(2,3)18-9-10-19(21(26)13-18)23-14-24(20-15-27-12-11-22(20)28-23)29-16-17-7-5-4-6-8-17/h4-15H,16H2,1-3H3. The molecule has 29 heavy (non-hydrogen) atoms. The van der Waals surface area contributed by atoms with Crippen molar-refractivity contribution in [3.05, 3.63) is 89.2 Å². The van der Waals surface area contributed by atoms with Crippen molar-refractivity contribution in [2.24, 2.45) is 0 Å². The maximum Gasteiger partial charge on any atom is 0.132 e. The van der Waals surface area contributed by atoms with Gasteiger partial charge in [0.15, 0.2) is 0 Å². The Labute approximate surface area is 176 Å². The minimum absolute atomic E-state index is 0.0363. The number of benzene rings is 2. The largest absolute Gasteiger partial charge is 0.488 e. The van der Waals surface area contributed by atoms with Gasteiger partial charge in [-0.15, -0.1) is 0 Å². The molecule has 0 aliphatic heterocycles. The summed E-state index contributed by atoms with van der Waals surface area (Å²) >= 11 is 6.65. The lowest BCUT2D eigenvalue weighted by Crippen LogP contribution is -2.10. The normalized spacial score (nSPS) is 11.6. The van der Waals surface area contributed by atoms with Gasteiger partial charge in [-0.1, -0.05) is 74.8 Å². The summed E-state index contributed by atoms with van der Waals surface area (Å²) in [5.41, 5.74) is 4.85. The van der Waals surface area contributed by atoms with Crippen LogP contribution in [-0.4, -0.2) is 9.97 Å². The average molecular weight is 403 g/mol. The molecule has 0 spiro atoms. The highest BCUT2D eigenvalue weighted by Crippen LogP contribution is 2.35. The minimum Gasteiger partial charge on any atom is -0.488 e. The third-order valence-electron chi connectivity index (χ3n) is 4.92. The van der Waals surface area contributed by atoms with Crippen LogP contribution in [0, 0.1) is 0 Å². The highest BCUT2D eigenvalue weighted by Gasteiger charge is 2.17. The van der Waals surface area contributed by atoms with Crippen LogP contribution in [-0.2, 0) is 12.0 Å². The lowest BCUT2D eigenvalue weighted by Gasteiger charge is -2.20. The van der Waals surface area contributed by atoms with Crippen LogP contribution in [0.3, 0.4) is 0 Å². The molecule has 4 rings (SSSR count). The molecule has 0 saturated heterocycles. The van der Waals surface area contributed by atoms with Gasteiger partial charge in [0.05, 0.1) is 21.6 Å². The van der Waals surface area contributed by atoms with Gasteiger partial charge in [-0.05, 0) is 28.7 Å². The first-order valence-corrected chi connectivity index (χ1v) is 10.0. The predicted octanol–water partition coefficient (Wildman–Crippen LogP) is 6.83. The highest BCUT2D eigenvalue weighted by molar-refractivity contribution is 6.33. The van der Waals surface area contributed by atoms with E-state index in [9.17, 15) is 0 Å². The van der Waals surface area contributed by atoms with Gasteiger partial charge in [0, 0.05) is 24.0 Å². The first-order valence-electron chi connectivity index (χ1n) is 9.64. The van der Waals surface area contributed by atoms with E-state index in [0.29, 0.717) is 11.6 Å². The molecule has 2 heterocycles. The van der Waals surface area contributed by atoms with Gasteiger partial charge < -0.3 is 4.74 Å². The molecule has 146 valence electrons. The van der Waals surface area contributed by atoms with Crippen LogP contribution in [0.4, 0.5) is 0 Å². The zero-order chi connectivity index (χ0) is 20.4. The Hall–Kier alpha value is -2.91. The summed E-state index contributed by atoms with van der Waals surface area (Å²) in [5.74, 6) is 0.748. The molecule has 2 aromatic heterocycles. The summed E-state index contributed by atoms with van der Waals surface area (Å²) in [4.78, 5) is 9.05. The molecule has 0 aliphatic rings. The predicted molar refractivity (Wildman–Crippen MR) is 119 cm³/mol. The van der Waals surface area contributed by atoms with Crippen molar-refractivity contribution in [3.63, 3.8) is 0 Å². The second kappa shape index (κ2) is 7.84. The third-order valence-corrected chi connectivity index (χ3v) is 5.23. The second-order valence-corrected chi connectivity index (χ2v) is 8.52. The Kier molecular flexibility index (Phi) is 5.25. The summed E-state index contributed by atoms with van der Waals surface area (Å²) in [6, 6.07) is 20.1. The van der Waals surface area contributed by atoms with Crippen molar-refractivity contribution in [2.75, 3.05) is 0 Å². The van der Waals surface area contributed by atoms with Crippen molar-refractivity contribution in [3.8, 4) is 17.0 Å². The Morgan fingerprint density at radius 1 is 0.966 bits per heavy atom. The fraction of sp³-hybridized carbons (Fsp3) is 0.200. The number of halogens is 1. The maximum absolute atomic E-state index is 6.65.